The Kier molecular flexibility index (Phi) is 6.59. The third-order valence-corrected chi connectivity index (χ3v) is 6.41. The molecule has 0 fully saturated rings. The molecule has 37 heavy (non-hydrogen) atoms. The molecule has 9 nitrogen and oxygen atoms in total. The van der Waals surface area contributed by atoms with Gasteiger partial charge in [-0.05, 0) is 36.2 Å². The number of methoxy groups -OCH3 is 2. The maximum Gasteiger partial charge on any atom is 0.279 e. The third kappa shape index (κ3) is 4.63. The summed E-state index contributed by atoms with van der Waals surface area (Å²) in [6, 6.07) is 20.8. The van der Waals surface area contributed by atoms with Gasteiger partial charge in [0.2, 0.25) is 5.91 Å². The Morgan fingerprint density at radius 1 is 1.00 bits per heavy atom. The van der Waals surface area contributed by atoms with Crippen LogP contribution in [0.15, 0.2) is 77.7 Å². The minimum absolute atomic E-state index is 0.260. The van der Waals surface area contributed by atoms with E-state index in [9.17, 15) is 9.59 Å². The van der Waals surface area contributed by atoms with Crippen molar-refractivity contribution < 1.29 is 14.3 Å². The Hall–Kier alpha value is -4.66. The fourth-order valence-corrected chi connectivity index (χ4v) is 4.60. The first kappa shape index (κ1) is 24.1. The zero-order valence-corrected chi connectivity index (χ0v) is 20.8. The van der Waals surface area contributed by atoms with Crippen molar-refractivity contribution in [2.75, 3.05) is 14.2 Å². The molecule has 5 aromatic rings. The Morgan fingerprint density at radius 2 is 1.76 bits per heavy atom. The summed E-state index contributed by atoms with van der Waals surface area (Å²) in [5, 5.41) is 8.20. The van der Waals surface area contributed by atoms with E-state index in [4.69, 9.17) is 14.5 Å². The van der Waals surface area contributed by atoms with E-state index in [2.05, 4.69) is 10.4 Å². The molecule has 0 bridgehead atoms. The van der Waals surface area contributed by atoms with Gasteiger partial charge in [-0.15, -0.1) is 0 Å². The van der Waals surface area contributed by atoms with E-state index in [-0.39, 0.29) is 12.5 Å². The summed E-state index contributed by atoms with van der Waals surface area (Å²) < 4.78 is 13.9. The van der Waals surface area contributed by atoms with E-state index in [1.54, 1.807) is 18.3 Å². The Balaban J connectivity index is 1.48. The van der Waals surface area contributed by atoms with Gasteiger partial charge in [0.25, 0.3) is 5.56 Å². The zero-order valence-electron chi connectivity index (χ0n) is 20.8. The number of benzene rings is 3. The predicted molar refractivity (Wildman–Crippen MR) is 141 cm³/mol. The Morgan fingerprint density at radius 3 is 2.49 bits per heavy atom. The highest BCUT2D eigenvalue weighted by atomic mass is 16.5. The van der Waals surface area contributed by atoms with Crippen LogP contribution in [0.2, 0.25) is 0 Å². The van der Waals surface area contributed by atoms with Crippen molar-refractivity contribution in [2.45, 2.75) is 19.0 Å². The Bertz CT molecular complexity index is 1640. The number of carbonyl (C=O) groups is 1. The molecule has 1 atom stereocenters. The fourth-order valence-electron chi connectivity index (χ4n) is 4.60. The second-order valence-electron chi connectivity index (χ2n) is 8.70. The molecule has 1 unspecified atom stereocenters. The summed E-state index contributed by atoms with van der Waals surface area (Å²) in [4.78, 5) is 31.4. The molecule has 5 rings (SSSR count). The van der Waals surface area contributed by atoms with Gasteiger partial charge in [0.05, 0.1) is 42.9 Å². The van der Waals surface area contributed by atoms with Gasteiger partial charge >= 0.3 is 0 Å². The summed E-state index contributed by atoms with van der Waals surface area (Å²) in [6.07, 6.45) is 2.08. The van der Waals surface area contributed by atoms with Crippen LogP contribution in [-0.2, 0) is 24.8 Å². The van der Waals surface area contributed by atoms with Crippen molar-refractivity contribution >= 4 is 27.7 Å². The average Bonchev–Trinajstić information content (AvgIpc) is 3.26. The van der Waals surface area contributed by atoms with E-state index >= 15 is 0 Å². The summed E-state index contributed by atoms with van der Waals surface area (Å²) >= 11 is 0. The van der Waals surface area contributed by atoms with Crippen LogP contribution < -0.4 is 20.3 Å². The van der Waals surface area contributed by atoms with Gasteiger partial charge < -0.3 is 19.4 Å². The number of aromatic nitrogens is 4. The lowest BCUT2D eigenvalue weighted by molar-refractivity contribution is -0.122. The van der Waals surface area contributed by atoms with Crippen molar-refractivity contribution in [1.82, 2.24) is 24.6 Å². The van der Waals surface area contributed by atoms with E-state index in [1.165, 1.54) is 14.2 Å². The highest BCUT2D eigenvalue weighted by Crippen LogP contribution is 2.32. The first-order valence-electron chi connectivity index (χ1n) is 11.9. The molecule has 3 aromatic carbocycles. The van der Waals surface area contributed by atoms with Crippen LogP contribution in [0.25, 0.3) is 21.8 Å². The predicted octanol–water partition coefficient (Wildman–Crippen LogP) is 3.40. The molecule has 188 valence electrons. The second kappa shape index (κ2) is 10.1. The lowest BCUT2D eigenvalue weighted by atomic mass is 10.1. The van der Waals surface area contributed by atoms with Crippen molar-refractivity contribution in [3.63, 3.8) is 0 Å². The van der Waals surface area contributed by atoms with Gasteiger partial charge in [-0.25, -0.2) is 9.67 Å². The van der Waals surface area contributed by atoms with Gasteiger partial charge in [-0.2, -0.15) is 5.10 Å². The first-order valence-corrected chi connectivity index (χ1v) is 11.9. The molecule has 0 aliphatic carbocycles. The topological polar surface area (TPSA) is 100 Å². The summed E-state index contributed by atoms with van der Waals surface area (Å²) in [5.74, 6) is 1.11. The lowest BCUT2D eigenvalue weighted by Gasteiger charge is -2.19. The van der Waals surface area contributed by atoms with E-state index in [0.29, 0.717) is 28.7 Å². The van der Waals surface area contributed by atoms with E-state index in [1.807, 2.05) is 66.2 Å². The average molecular weight is 498 g/mol. The smallest absolute Gasteiger partial charge is 0.279 e. The van der Waals surface area contributed by atoms with Crippen molar-refractivity contribution in [3.05, 3.63) is 94.7 Å². The minimum atomic E-state index is -0.439. The number of amides is 1. The normalized spacial score (nSPS) is 12.0. The van der Waals surface area contributed by atoms with Crippen LogP contribution in [0.5, 0.6) is 11.5 Å². The number of nitrogens with zero attached hydrogens (tertiary/aromatic N) is 4. The molecule has 9 heteroatoms. The van der Waals surface area contributed by atoms with Crippen LogP contribution in [0, 0.1) is 0 Å². The molecule has 2 aromatic heterocycles. The van der Waals surface area contributed by atoms with Crippen LogP contribution in [0.1, 0.15) is 17.4 Å². The molecule has 1 amide bonds. The fraction of sp³-hybridized carbons (Fsp3) is 0.214. The van der Waals surface area contributed by atoms with Crippen molar-refractivity contribution in [2.24, 2.45) is 7.05 Å². The van der Waals surface area contributed by atoms with Gasteiger partial charge in [-0.3, -0.25) is 9.59 Å². The quantitative estimate of drug-likeness (QED) is 0.353. The first-order chi connectivity index (χ1) is 18.0. The number of carbonyl (C=O) groups excluding carboxylic acids is 1. The maximum atomic E-state index is 13.3. The molecule has 0 saturated carbocycles. The van der Waals surface area contributed by atoms with Crippen LogP contribution in [0.4, 0.5) is 0 Å². The SMILES string of the molecule is COc1ccc2cnn(CC(=O)NC(Cc3ccccc3)c3nc4ccccc4n3C)c(=O)c2c1OC. The van der Waals surface area contributed by atoms with Gasteiger partial charge in [-0.1, -0.05) is 42.5 Å². The van der Waals surface area contributed by atoms with Gasteiger partial charge in [0.1, 0.15) is 12.4 Å². The molecule has 0 saturated heterocycles. The summed E-state index contributed by atoms with van der Waals surface area (Å²) in [6.45, 7) is -0.260. The largest absolute Gasteiger partial charge is 0.493 e. The number of para-hydroxylation sites is 2. The number of hydrogen-bond acceptors (Lipinski definition) is 6. The number of aryl methyl sites for hydroxylation is 1. The number of hydrogen-bond donors (Lipinski definition) is 1. The second-order valence-corrected chi connectivity index (χ2v) is 8.70. The summed E-state index contributed by atoms with van der Waals surface area (Å²) in [7, 11) is 4.91. The van der Waals surface area contributed by atoms with Crippen molar-refractivity contribution in [1.29, 1.82) is 0 Å². The highest BCUT2D eigenvalue weighted by molar-refractivity contribution is 5.89. The van der Waals surface area contributed by atoms with Gasteiger partial charge in [0.15, 0.2) is 11.5 Å². The van der Waals surface area contributed by atoms with E-state index in [0.717, 1.165) is 27.1 Å². The number of imidazole rings is 1. The minimum Gasteiger partial charge on any atom is -0.493 e. The number of ether oxygens (including phenoxy) is 2. The summed E-state index contributed by atoms with van der Waals surface area (Å²) in [5.41, 5.74) is 2.43. The van der Waals surface area contributed by atoms with E-state index < -0.39 is 11.6 Å². The molecule has 0 aliphatic rings. The monoisotopic (exact) mass is 497 g/mol. The molecule has 1 N–H and O–H groups in total. The zero-order chi connectivity index (χ0) is 25.9. The molecule has 2 heterocycles. The number of rotatable bonds is 8. The lowest BCUT2D eigenvalue weighted by Crippen LogP contribution is -2.37. The standard InChI is InChI=1S/C28H27N5O4/c1-32-22-12-8-7-11-20(22)31-27(32)21(15-18-9-5-4-6-10-18)30-24(34)17-33-28(35)25-19(16-29-33)13-14-23(36-2)26(25)37-3/h4-14,16,21H,15,17H2,1-3H3,(H,30,34). The number of fused-ring (bicyclic) bond motifs is 2. The highest BCUT2D eigenvalue weighted by Gasteiger charge is 2.23. The molecular weight excluding hydrogens is 470 g/mol. The van der Waals surface area contributed by atoms with Crippen LogP contribution >= 0.6 is 0 Å². The molecule has 0 aliphatic heterocycles. The Labute approximate surface area is 213 Å². The molecule has 0 spiro atoms. The third-order valence-electron chi connectivity index (χ3n) is 6.41. The van der Waals surface area contributed by atoms with Crippen LogP contribution in [0.3, 0.4) is 0 Å². The number of nitrogens with one attached hydrogen (secondary N) is 1. The molecular formula is C28H27N5O4. The van der Waals surface area contributed by atoms with Gasteiger partial charge in [0, 0.05) is 12.4 Å². The van der Waals surface area contributed by atoms with Crippen molar-refractivity contribution in [3.8, 4) is 11.5 Å². The molecule has 0 radical (unpaired) electrons. The maximum absolute atomic E-state index is 13.3. The van der Waals surface area contributed by atoms with Crippen LogP contribution in [-0.4, -0.2) is 39.5 Å².